The van der Waals surface area contributed by atoms with E-state index in [2.05, 4.69) is 24.5 Å². The van der Waals surface area contributed by atoms with Gasteiger partial charge in [-0.25, -0.2) is 0 Å². The molecule has 0 aromatic carbocycles. The number of piperidine rings is 1. The molecule has 1 amide bonds. The molecule has 0 aromatic rings. The van der Waals surface area contributed by atoms with Gasteiger partial charge in [0.1, 0.15) is 0 Å². The zero-order valence-electron chi connectivity index (χ0n) is 11.9. The maximum Gasteiger partial charge on any atom is 0.224 e. The number of hydrogen-bond acceptors (Lipinski definition) is 2. The first kappa shape index (κ1) is 13.9. The second-order valence-electron chi connectivity index (χ2n) is 6.14. The van der Waals surface area contributed by atoms with Crippen LogP contribution in [-0.4, -0.2) is 24.5 Å². The van der Waals surface area contributed by atoms with Crippen molar-refractivity contribution in [1.29, 1.82) is 0 Å². The summed E-state index contributed by atoms with van der Waals surface area (Å²) in [7, 11) is 0. The quantitative estimate of drug-likeness (QED) is 0.810. The van der Waals surface area contributed by atoms with Gasteiger partial charge in [-0.15, -0.1) is 0 Å². The average Bonchev–Trinajstić information content (AvgIpc) is 2.39. The summed E-state index contributed by atoms with van der Waals surface area (Å²) in [5.74, 6) is 1.29. The summed E-state index contributed by atoms with van der Waals surface area (Å²) in [6.45, 7) is 5.47. The number of rotatable bonds is 3. The van der Waals surface area contributed by atoms with Crippen molar-refractivity contribution in [2.24, 2.45) is 11.8 Å². The number of nitrogens with one attached hydrogen (secondary N) is 2. The van der Waals surface area contributed by atoms with E-state index in [1.807, 2.05) is 0 Å². The zero-order valence-corrected chi connectivity index (χ0v) is 11.9. The summed E-state index contributed by atoms with van der Waals surface area (Å²) in [4.78, 5) is 12.3. The predicted octanol–water partition coefficient (Wildman–Crippen LogP) is 2.46. The molecule has 1 aliphatic heterocycles. The number of amides is 1. The summed E-state index contributed by atoms with van der Waals surface area (Å²) in [6.07, 6.45) is 8.43. The van der Waals surface area contributed by atoms with Crippen molar-refractivity contribution in [1.82, 2.24) is 10.6 Å². The van der Waals surface area contributed by atoms with Gasteiger partial charge < -0.3 is 10.6 Å². The fourth-order valence-electron chi connectivity index (χ4n) is 3.50. The summed E-state index contributed by atoms with van der Waals surface area (Å²) in [6, 6.07) is 0.773. The molecule has 4 unspecified atom stereocenters. The van der Waals surface area contributed by atoms with Crippen molar-refractivity contribution >= 4 is 5.91 Å². The molecule has 1 saturated heterocycles. The van der Waals surface area contributed by atoms with E-state index in [4.69, 9.17) is 0 Å². The third-order valence-corrected chi connectivity index (χ3v) is 4.81. The molecular weight excluding hydrogens is 224 g/mol. The third-order valence-electron chi connectivity index (χ3n) is 4.81. The van der Waals surface area contributed by atoms with Crippen molar-refractivity contribution in [2.75, 3.05) is 6.54 Å². The van der Waals surface area contributed by atoms with E-state index in [-0.39, 0.29) is 11.8 Å². The topological polar surface area (TPSA) is 41.1 Å². The summed E-state index contributed by atoms with van der Waals surface area (Å²) in [5.41, 5.74) is 0. The van der Waals surface area contributed by atoms with Gasteiger partial charge in [0.25, 0.3) is 0 Å². The minimum absolute atomic E-state index is 0.181. The van der Waals surface area contributed by atoms with Crippen LogP contribution >= 0.6 is 0 Å². The average molecular weight is 252 g/mol. The maximum atomic E-state index is 12.3. The molecule has 2 aliphatic rings. The first-order chi connectivity index (χ1) is 8.70. The lowest BCUT2D eigenvalue weighted by Gasteiger charge is -2.33. The van der Waals surface area contributed by atoms with Gasteiger partial charge in [0.2, 0.25) is 5.91 Å². The Morgan fingerprint density at radius 1 is 1.28 bits per heavy atom. The zero-order chi connectivity index (χ0) is 13.0. The highest BCUT2D eigenvalue weighted by Crippen LogP contribution is 2.27. The second kappa shape index (κ2) is 6.55. The van der Waals surface area contributed by atoms with E-state index < -0.39 is 0 Å². The molecule has 0 spiro atoms. The van der Waals surface area contributed by atoms with Crippen LogP contribution in [0.3, 0.4) is 0 Å². The number of carbonyl (C=O) groups is 1. The molecule has 3 nitrogen and oxygen atoms in total. The van der Waals surface area contributed by atoms with Gasteiger partial charge in [-0.05, 0) is 45.1 Å². The lowest BCUT2D eigenvalue weighted by Crippen LogP contribution is -2.49. The molecule has 3 heteroatoms. The predicted molar refractivity (Wildman–Crippen MR) is 74.4 cm³/mol. The summed E-state index contributed by atoms with van der Waals surface area (Å²) >= 11 is 0. The van der Waals surface area contributed by atoms with Crippen molar-refractivity contribution in [2.45, 2.75) is 70.9 Å². The van der Waals surface area contributed by atoms with Gasteiger partial charge >= 0.3 is 0 Å². The van der Waals surface area contributed by atoms with E-state index in [1.165, 1.54) is 32.1 Å². The van der Waals surface area contributed by atoms with Crippen LogP contribution in [0, 0.1) is 11.8 Å². The van der Waals surface area contributed by atoms with Gasteiger partial charge in [-0.2, -0.15) is 0 Å². The van der Waals surface area contributed by atoms with E-state index >= 15 is 0 Å². The molecule has 4 atom stereocenters. The van der Waals surface area contributed by atoms with Gasteiger partial charge in [-0.3, -0.25) is 4.79 Å². The third kappa shape index (κ3) is 3.47. The molecule has 104 valence electrons. The van der Waals surface area contributed by atoms with Crippen LogP contribution in [-0.2, 0) is 4.79 Å². The second-order valence-corrected chi connectivity index (χ2v) is 6.14. The Labute approximate surface area is 111 Å². The van der Waals surface area contributed by atoms with Crippen LogP contribution in [0.25, 0.3) is 0 Å². The Morgan fingerprint density at radius 2 is 2.11 bits per heavy atom. The molecule has 2 fully saturated rings. The van der Waals surface area contributed by atoms with Crippen LogP contribution in [0.1, 0.15) is 58.8 Å². The Morgan fingerprint density at radius 3 is 2.83 bits per heavy atom. The highest BCUT2D eigenvalue weighted by Gasteiger charge is 2.30. The Hall–Kier alpha value is -0.570. The fraction of sp³-hybridized carbons (Fsp3) is 0.933. The normalized spacial score (nSPS) is 37.2. The molecule has 0 aromatic heterocycles. The first-order valence-electron chi connectivity index (χ1n) is 7.74. The Bertz CT molecular complexity index is 280. The standard InChI is InChI=1S/C15H28N2O/c1-3-12-6-4-7-13(10-12)17-15(18)14-8-5-9-16-11(14)2/h11-14,16H,3-10H2,1-2H3,(H,17,18). The minimum atomic E-state index is 0.181. The SMILES string of the molecule is CCC1CCCC(NC(=O)C2CCCNC2C)C1. The summed E-state index contributed by atoms with van der Waals surface area (Å²) in [5, 5.41) is 6.71. The van der Waals surface area contributed by atoms with Crippen molar-refractivity contribution in [3.63, 3.8) is 0 Å². The maximum absolute atomic E-state index is 12.3. The van der Waals surface area contributed by atoms with E-state index in [0.29, 0.717) is 12.1 Å². The van der Waals surface area contributed by atoms with E-state index in [9.17, 15) is 4.79 Å². The van der Waals surface area contributed by atoms with Crippen LogP contribution in [0.4, 0.5) is 0 Å². The van der Waals surface area contributed by atoms with Crippen LogP contribution < -0.4 is 10.6 Å². The van der Waals surface area contributed by atoms with Crippen molar-refractivity contribution in [3.8, 4) is 0 Å². The highest BCUT2D eigenvalue weighted by atomic mass is 16.2. The van der Waals surface area contributed by atoms with E-state index in [1.54, 1.807) is 0 Å². The lowest BCUT2D eigenvalue weighted by atomic mass is 9.83. The largest absolute Gasteiger partial charge is 0.353 e. The molecule has 18 heavy (non-hydrogen) atoms. The summed E-state index contributed by atoms with van der Waals surface area (Å²) < 4.78 is 0. The lowest BCUT2D eigenvalue weighted by molar-refractivity contribution is -0.127. The van der Waals surface area contributed by atoms with Crippen LogP contribution in [0.2, 0.25) is 0 Å². The van der Waals surface area contributed by atoms with Crippen molar-refractivity contribution < 1.29 is 4.79 Å². The van der Waals surface area contributed by atoms with Gasteiger partial charge in [-0.1, -0.05) is 26.2 Å². The van der Waals surface area contributed by atoms with Gasteiger partial charge in [0.05, 0.1) is 5.92 Å². The first-order valence-corrected chi connectivity index (χ1v) is 7.74. The molecule has 1 heterocycles. The smallest absolute Gasteiger partial charge is 0.224 e. The van der Waals surface area contributed by atoms with E-state index in [0.717, 1.165) is 25.3 Å². The Balaban J connectivity index is 1.82. The molecule has 1 saturated carbocycles. The highest BCUT2D eigenvalue weighted by molar-refractivity contribution is 5.79. The van der Waals surface area contributed by atoms with Gasteiger partial charge in [0, 0.05) is 12.1 Å². The van der Waals surface area contributed by atoms with Gasteiger partial charge in [0.15, 0.2) is 0 Å². The molecule has 2 rings (SSSR count). The molecular formula is C15H28N2O. The van der Waals surface area contributed by atoms with Crippen LogP contribution in [0.15, 0.2) is 0 Å². The van der Waals surface area contributed by atoms with Crippen LogP contribution in [0.5, 0.6) is 0 Å². The number of carbonyl (C=O) groups excluding carboxylic acids is 1. The molecule has 2 N–H and O–H groups in total. The molecule has 0 radical (unpaired) electrons. The monoisotopic (exact) mass is 252 g/mol. The Kier molecular flexibility index (Phi) is 5.04. The molecule has 0 bridgehead atoms. The molecule has 1 aliphatic carbocycles. The number of hydrogen-bond donors (Lipinski definition) is 2. The van der Waals surface area contributed by atoms with Crippen molar-refractivity contribution in [3.05, 3.63) is 0 Å². The fourth-order valence-corrected chi connectivity index (χ4v) is 3.50. The minimum Gasteiger partial charge on any atom is -0.353 e.